The molecule has 68 heavy (non-hydrogen) atoms. The lowest BCUT2D eigenvalue weighted by Gasteiger charge is -2.50. The molecule has 1 saturated carbocycles. The van der Waals surface area contributed by atoms with Gasteiger partial charge in [-0.2, -0.15) is 18.2 Å². The van der Waals surface area contributed by atoms with E-state index in [2.05, 4.69) is 10.4 Å². The summed E-state index contributed by atoms with van der Waals surface area (Å²) in [4.78, 5) is 65.2. The van der Waals surface area contributed by atoms with Gasteiger partial charge in [0.25, 0.3) is 11.8 Å². The molecule has 2 N–H and O–H groups in total. The minimum atomic E-state index is -4.79. The number of phenols is 1. The second-order valence-electron chi connectivity index (χ2n) is 16.7. The Morgan fingerprint density at radius 3 is 2.09 bits per heavy atom. The highest BCUT2D eigenvalue weighted by Gasteiger charge is 2.70. The molecular formula is C50H41Cl2F3N4O9. The van der Waals surface area contributed by atoms with Gasteiger partial charge in [-0.3, -0.25) is 29.5 Å². The van der Waals surface area contributed by atoms with Crippen molar-refractivity contribution in [2.45, 2.75) is 30.4 Å². The Balaban J connectivity index is 1.14. The summed E-state index contributed by atoms with van der Waals surface area (Å²) in [5, 5.41) is 11.6. The van der Waals surface area contributed by atoms with E-state index in [4.69, 9.17) is 42.1 Å². The smallest absolute Gasteiger partial charge is 0.417 e. The lowest BCUT2D eigenvalue weighted by molar-refractivity contribution is -0.139. The maximum Gasteiger partial charge on any atom is 0.417 e. The van der Waals surface area contributed by atoms with Crippen molar-refractivity contribution in [3.05, 3.63) is 141 Å². The number of fused-ring (bicyclic) bond motifs is 4. The fourth-order valence-corrected chi connectivity index (χ4v) is 10.7. The van der Waals surface area contributed by atoms with Crippen LogP contribution in [-0.2, 0) is 30.8 Å². The number of amides is 4. The molecule has 0 unspecified atom stereocenters. The van der Waals surface area contributed by atoms with E-state index in [0.29, 0.717) is 56.2 Å². The first kappa shape index (κ1) is 46.1. The lowest BCUT2D eigenvalue weighted by Crippen LogP contribution is -2.53. The number of methoxy groups -OCH3 is 4. The quantitative estimate of drug-likeness (QED) is 0.0739. The summed E-state index contributed by atoms with van der Waals surface area (Å²) in [7, 11) is 5.80. The minimum absolute atomic E-state index is 0.0229. The van der Waals surface area contributed by atoms with E-state index < -0.39 is 81.2 Å². The molecule has 2 aliphatic carbocycles. The number of phenolic OH excluding ortho intramolecular Hbond substituents is 1. The zero-order valence-electron chi connectivity index (χ0n) is 36.6. The van der Waals surface area contributed by atoms with Crippen molar-refractivity contribution in [3.8, 4) is 28.7 Å². The van der Waals surface area contributed by atoms with Gasteiger partial charge in [0.1, 0.15) is 11.5 Å². The summed E-state index contributed by atoms with van der Waals surface area (Å²) in [5.74, 6) is -7.05. The molecule has 1 aromatic heterocycles. The second kappa shape index (κ2) is 17.6. The van der Waals surface area contributed by atoms with E-state index in [0.717, 1.165) is 11.1 Å². The summed E-state index contributed by atoms with van der Waals surface area (Å²) in [6, 6.07) is 22.3. The number of ether oxygens (including phenoxy) is 4. The molecule has 6 atom stereocenters. The number of imide groups is 2. The number of carbonyl (C=O) groups is 4. The van der Waals surface area contributed by atoms with Crippen LogP contribution >= 0.6 is 23.2 Å². The number of nitrogens with zero attached hydrogens (tertiary/aromatic N) is 3. The predicted octanol–water partition coefficient (Wildman–Crippen LogP) is 9.51. The summed E-state index contributed by atoms with van der Waals surface area (Å²) in [5.41, 5.74) is 2.76. The Morgan fingerprint density at radius 1 is 0.794 bits per heavy atom. The van der Waals surface area contributed by atoms with Crippen LogP contribution in [0.5, 0.6) is 28.7 Å². The Morgan fingerprint density at radius 2 is 1.47 bits per heavy atom. The van der Waals surface area contributed by atoms with Crippen LogP contribution in [0.25, 0.3) is 12.2 Å². The average molecular weight is 970 g/mol. The monoisotopic (exact) mass is 968 g/mol. The molecule has 3 fully saturated rings. The Hall–Kier alpha value is -7.04. The second-order valence-corrected chi connectivity index (χ2v) is 17.6. The van der Waals surface area contributed by atoms with Crippen LogP contribution in [0, 0.1) is 23.7 Å². The Labute approximate surface area is 397 Å². The van der Waals surface area contributed by atoms with Crippen molar-refractivity contribution in [1.29, 1.82) is 0 Å². The minimum Gasteiger partial charge on any atom is -0.502 e. The van der Waals surface area contributed by atoms with Gasteiger partial charge in [0.05, 0.1) is 67.9 Å². The third kappa shape index (κ3) is 7.46. The average Bonchev–Trinajstić information content (AvgIpc) is 3.71. The number of pyridine rings is 1. The molecule has 2 aliphatic heterocycles. The molecule has 0 spiro atoms. The molecule has 4 amide bonds. The number of rotatable bonds is 11. The molecule has 13 nitrogen and oxygen atoms in total. The van der Waals surface area contributed by atoms with E-state index in [1.807, 2.05) is 24.3 Å². The number of nitrogens with one attached hydrogen (secondary N) is 1. The fourth-order valence-electron chi connectivity index (χ4n) is 10.4. The number of halogens is 5. The number of allylic oxidation sites excluding steroid dienone is 2. The van der Waals surface area contributed by atoms with Gasteiger partial charge in [-0.25, -0.2) is 4.98 Å². The van der Waals surface area contributed by atoms with Gasteiger partial charge in [-0.1, -0.05) is 71.3 Å². The third-order valence-electron chi connectivity index (χ3n) is 13.4. The van der Waals surface area contributed by atoms with E-state index in [-0.39, 0.29) is 30.1 Å². The molecule has 5 aromatic rings. The van der Waals surface area contributed by atoms with Gasteiger partial charge in [-0.05, 0) is 96.1 Å². The first-order chi connectivity index (χ1) is 32.5. The van der Waals surface area contributed by atoms with Crippen molar-refractivity contribution in [2.24, 2.45) is 23.7 Å². The van der Waals surface area contributed by atoms with Crippen molar-refractivity contribution in [3.63, 3.8) is 0 Å². The summed E-state index contributed by atoms with van der Waals surface area (Å²) in [6.45, 7) is 0. The topological polar surface area (TPSA) is 157 Å². The first-order valence-corrected chi connectivity index (χ1v) is 22.0. The highest BCUT2D eigenvalue weighted by Crippen LogP contribution is 2.65. The van der Waals surface area contributed by atoms with Crippen LogP contribution < -0.4 is 29.3 Å². The number of hydrogen-bond acceptors (Lipinski definition) is 11. The Bertz CT molecular complexity index is 2920. The van der Waals surface area contributed by atoms with Crippen molar-refractivity contribution < 1.29 is 56.4 Å². The fraction of sp³-hybridized carbons (Fsp3) is 0.260. The number of carbonyl (C=O) groups excluding carboxylic acids is 4. The summed E-state index contributed by atoms with van der Waals surface area (Å²) >= 11 is 12.7. The van der Waals surface area contributed by atoms with Gasteiger partial charge in [0.2, 0.25) is 17.6 Å². The van der Waals surface area contributed by atoms with Gasteiger partial charge in [-0.15, -0.1) is 0 Å². The van der Waals surface area contributed by atoms with Gasteiger partial charge in [0, 0.05) is 22.7 Å². The van der Waals surface area contributed by atoms with Crippen molar-refractivity contribution in [1.82, 2.24) is 9.99 Å². The van der Waals surface area contributed by atoms with E-state index >= 15 is 9.59 Å². The molecule has 18 heteroatoms. The van der Waals surface area contributed by atoms with Crippen molar-refractivity contribution >= 4 is 70.5 Å². The van der Waals surface area contributed by atoms with Crippen LogP contribution in [0.4, 0.5) is 24.7 Å². The first-order valence-electron chi connectivity index (χ1n) is 21.2. The van der Waals surface area contributed by atoms with E-state index in [1.54, 1.807) is 74.9 Å². The molecule has 4 aliphatic rings. The van der Waals surface area contributed by atoms with Gasteiger partial charge in [0.15, 0.2) is 17.3 Å². The molecule has 0 radical (unpaired) electrons. The standard InChI is InChI=1S/C50H41Cl2F3N4O9/c1-65-32-15-18-38(66-2)26(19-32)8-5-25-6-13-31(14-7-25)58-45(61)34-17-16-33-35(41(34)47(58)63)23-36-46(62)59(57-44-37(52)22-29(24-56-44)50(53,54)55)48(64)49(36,28-9-11-30(51)12-10-28)42(33)27-20-39(67-3)43(60)40(21-27)68-4/h5-16,18-22,24,34-36,41-42,60H,17,23H2,1-4H3,(H,56,57)/t34-,35+,36-,41-,42-,49+/m0/s1. The van der Waals surface area contributed by atoms with Crippen LogP contribution in [-0.4, -0.2) is 67.2 Å². The zero-order chi connectivity index (χ0) is 48.4. The molecule has 4 aromatic carbocycles. The van der Waals surface area contributed by atoms with Crippen molar-refractivity contribution in [2.75, 3.05) is 38.8 Å². The van der Waals surface area contributed by atoms with Crippen LogP contribution in [0.15, 0.2) is 103 Å². The van der Waals surface area contributed by atoms with Crippen LogP contribution in [0.2, 0.25) is 10.0 Å². The predicted molar refractivity (Wildman–Crippen MR) is 245 cm³/mol. The number of aromatic hydroxyl groups is 1. The molecule has 350 valence electrons. The Kier molecular flexibility index (Phi) is 11.9. The maximum absolute atomic E-state index is 15.6. The van der Waals surface area contributed by atoms with Crippen LogP contribution in [0.3, 0.4) is 0 Å². The summed E-state index contributed by atoms with van der Waals surface area (Å²) in [6.07, 6.45) is 1.27. The number of hydrogen-bond donors (Lipinski definition) is 2. The molecule has 0 bridgehead atoms. The third-order valence-corrected chi connectivity index (χ3v) is 14.0. The largest absolute Gasteiger partial charge is 0.502 e. The molecular weight excluding hydrogens is 928 g/mol. The SMILES string of the molecule is COc1ccc(OC)c(C=Cc2ccc(N3C(=O)[C@H]4[C@H](CC=C5[C@H]4C[C@H]4C(=O)N(Nc6ncc(C(F)(F)F)cc6Cl)C(=O)[C@@]4(c4ccc(Cl)cc4)[C@H]5c4cc(OC)c(O)c(OC)c4)C3=O)cc2)c1. The van der Waals surface area contributed by atoms with Gasteiger partial charge < -0.3 is 24.1 Å². The molecule has 3 heterocycles. The van der Waals surface area contributed by atoms with Crippen LogP contribution in [0.1, 0.15) is 46.6 Å². The van der Waals surface area contributed by atoms with Gasteiger partial charge >= 0.3 is 6.18 Å². The zero-order valence-corrected chi connectivity index (χ0v) is 38.1. The number of hydrazine groups is 1. The van der Waals surface area contributed by atoms with E-state index in [9.17, 15) is 27.9 Å². The number of anilines is 2. The number of aromatic nitrogens is 1. The number of alkyl halides is 3. The van der Waals surface area contributed by atoms with E-state index in [1.165, 1.54) is 31.3 Å². The lowest BCUT2D eigenvalue weighted by atomic mass is 9.49. The highest BCUT2D eigenvalue weighted by atomic mass is 35.5. The summed E-state index contributed by atoms with van der Waals surface area (Å²) < 4.78 is 62.9. The number of benzene rings is 4. The molecule has 2 saturated heterocycles. The molecule has 9 rings (SSSR count). The maximum atomic E-state index is 15.6. The normalized spacial score (nSPS) is 23.3. The highest BCUT2D eigenvalue weighted by molar-refractivity contribution is 6.33.